The fraction of sp³-hybridized carbons (Fsp3) is 0.143. The van der Waals surface area contributed by atoms with Gasteiger partial charge in [-0.2, -0.15) is 0 Å². The molecule has 3 heterocycles. The summed E-state index contributed by atoms with van der Waals surface area (Å²) < 4.78 is 22.7. The van der Waals surface area contributed by atoms with E-state index in [2.05, 4.69) is 15.0 Å². The second kappa shape index (κ2) is 4.72. The van der Waals surface area contributed by atoms with Crippen LogP contribution in [0.2, 0.25) is 0 Å². The van der Waals surface area contributed by atoms with Crippen molar-refractivity contribution in [3.05, 3.63) is 54.0 Å². The molecule has 3 aromatic heterocycles. The second-order valence-corrected chi connectivity index (χ2v) is 6.63. The van der Waals surface area contributed by atoms with Crippen molar-refractivity contribution in [3.8, 4) is 0 Å². The molecule has 0 bridgehead atoms. The molecule has 6 heteroatoms. The summed E-state index contributed by atoms with van der Waals surface area (Å²) >= 11 is 0. The normalized spacial score (nSPS) is 11.8. The van der Waals surface area contributed by atoms with Crippen LogP contribution in [-0.2, 0) is 16.3 Å². The van der Waals surface area contributed by atoms with Gasteiger partial charge in [0.05, 0.1) is 11.0 Å². The van der Waals surface area contributed by atoms with Crippen molar-refractivity contribution in [2.24, 2.45) is 0 Å². The molecule has 0 atom stereocenters. The average molecular weight is 287 g/mol. The maximum absolute atomic E-state index is 11.4. The van der Waals surface area contributed by atoms with E-state index in [1.54, 1.807) is 18.5 Å². The van der Waals surface area contributed by atoms with Gasteiger partial charge in [0.1, 0.15) is 0 Å². The molecule has 0 aliphatic rings. The highest BCUT2D eigenvalue weighted by molar-refractivity contribution is 7.90. The predicted molar refractivity (Wildman–Crippen MR) is 76.2 cm³/mol. The summed E-state index contributed by atoms with van der Waals surface area (Å²) in [6.45, 7) is 0. The molecule has 0 radical (unpaired) electrons. The van der Waals surface area contributed by atoms with Gasteiger partial charge < -0.3 is 4.98 Å². The molecule has 0 fully saturated rings. The number of H-pyrrole nitrogens is 1. The molecule has 0 aromatic carbocycles. The van der Waals surface area contributed by atoms with Crippen LogP contribution in [0.3, 0.4) is 0 Å². The van der Waals surface area contributed by atoms with E-state index < -0.39 is 9.84 Å². The highest BCUT2D eigenvalue weighted by Gasteiger charge is 2.09. The van der Waals surface area contributed by atoms with Gasteiger partial charge in [0.25, 0.3) is 0 Å². The van der Waals surface area contributed by atoms with Crippen molar-refractivity contribution in [2.45, 2.75) is 11.4 Å². The Bertz CT molecular complexity index is 852. The van der Waals surface area contributed by atoms with Gasteiger partial charge in [-0.3, -0.25) is 4.98 Å². The first kappa shape index (κ1) is 12.8. The summed E-state index contributed by atoms with van der Waals surface area (Å²) in [7, 11) is -3.25. The number of nitrogens with zero attached hydrogens (tertiary/aromatic N) is 2. The number of hydrogen-bond acceptors (Lipinski definition) is 4. The number of rotatable bonds is 3. The zero-order valence-electron chi connectivity index (χ0n) is 10.9. The van der Waals surface area contributed by atoms with Crippen molar-refractivity contribution in [1.29, 1.82) is 0 Å². The molecule has 3 rings (SSSR count). The van der Waals surface area contributed by atoms with E-state index >= 15 is 0 Å². The lowest BCUT2D eigenvalue weighted by molar-refractivity contribution is 0.598. The summed E-state index contributed by atoms with van der Waals surface area (Å²) in [5, 5.41) is 0.0956. The molecule has 0 saturated heterocycles. The van der Waals surface area contributed by atoms with E-state index in [1.165, 1.54) is 6.07 Å². The van der Waals surface area contributed by atoms with Crippen LogP contribution in [0.1, 0.15) is 11.1 Å². The minimum atomic E-state index is -3.25. The highest BCUT2D eigenvalue weighted by Crippen LogP contribution is 2.18. The fourth-order valence-electron chi connectivity index (χ4n) is 2.10. The number of pyridine rings is 2. The minimum absolute atomic E-state index is 0.0956. The van der Waals surface area contributed by atoms with Gasteiger partial charge in [0, 0.05) is 36.8 Å². The van der Waals surface area contributed by atoms with Crippen molar-refractivity contribution >= 4 is 20.9 Å². The van der Waals surface area contributed by atoms with Gasteiger partial charge >= 0.3 is 0 Å². The topological polar surface area (TPSA) is 75.7 Å². The lowest BCUT2D eigenvalue weighted by atomic mass is 10.1. The van der Waals surface area contributed by atoms with E-state index in [-0.39, 0.29) is 5.03 Å². The quantitative estimate of drug-likeness (QED) is 0.799. The molecule has 3 aromatic rings. The minimum Gasteiger partial charge on any atom is -0.360 e. The number of nitrogens with one attached hydrogen (secondary N) is 1. The molecule has 0 aliphatic heterocycles. The van der Waals surface area contributed by atoms with Gasteiger partial charge in [0.2, 0.25) is 0 Å². The molecule has 102 valence electrons. The number of hydrogen-bond donors (Lipinski definition) is 1. The molecule has 0 unspecified atom stereocenters. The summed E-state index contributed by atoms with van der Waals surface area (Å²) in [5.41, 5.74) is 3.93. The number of aromatic nitrogens is 3. The molecule has 1 N–H and O–H groups in total. The Labute approximate surface area is 116 Å². The Morgan fingerprint density at radius 2 is 2.05 bits per heavy atom. The summed E-state index contributed by atoms with van der Waals surface area (Å²) in [6.07, 6.45) is 7.08. The lowest BCUT2D eigenvalue weighted by Crippen LogP contribution is -2.00. The van der Waals surface area contributed by atoms with Crippen LogP contribution in [0.15, 0.2) is 47.9 Å². The van der Waals surface area contributed by atoms with Gasteiger partial charge in [-0.05, 0) is 23.8 Å². The summed E-state index contributed by atoms with van der Waals surface area (Å²) in [6, 6.07) is 7.17. The second-order valence-electron chi connectivity index (χ2n) is 4.67. The Morgan fingerprint density at radius 1 is 1.20 bits per heavy atom. The van der Waals surface area contributed by atoms with Crippen LogP contribution in [0.4, 0.5) is 0 Å². The van der Waals surface area contributed by atoms with Crippen molar-refractivity contribution in [1.82, 2.24) is 15.0 Å². The summed E-state index contributed by atoms with van der Waals surface area (Å²) in [5.74, 6) is 0. The molecule has 0 spiro atoms. The first-order chi connectivity index (χ1) is 9.54. The molecule has 0 saturated carbocycles. The predicted octanol–water partition coefficient (Wildman–Crippen LogP) is 1.95. The van der Waals surface area contributed by atoms with Gasteiger partial charge in [-0.15, -0.1) is 0 Å². The smallest absolute Gasteiger partial charge is 0.192 e. The van der Waals surface area contributed by atoms with Crippen LogP contribution in [0.5, 0.6) is 0 Å². The molecular weight excluding hydrogens is 274 g/mol. The van der Waals surface area contributed by atoms with Crippen molar-refractivity contribution < 1.29 is 8.42 Å². The summed E-state index contributed by atoms with van der Waals surface area (Å²) in [4.78, 5) is 11.5. The first-order valence-electron chi connectivity index (χ1n) is 6.10. The Morgan fingerprint density at radius 3 is 2.75 bits per heavy atom. The van der Waals surface area contributed by atoms with Crippen LogP contribution in [0.25, 0.3) is 11.0 Å². The maximum atomic E-state index is 11.4. The van der Waals surface area contributed by atoms with Crippen LogP contribution < -0.4 is 0 Å². The van der Waals surface area contributed by atoms with Crippen molar-refractivity contribution in [3.63, 3.8) is 0 Å². The standard InChI is InChI=1S/C14H13N3O2S/c1-20(18,19)13-5-4-10(8-17-13)7-11-9-16-12-3-2-6-15-14(11)12/h2-6,8-9,16H,7H2,1H3. The third kappa shape index (κ3) is 2.42. The monoisotopic (exact) mass is 287 g/mol. The van der Waals surface area contributed by atoms with E-state index in [0.717, 1.165) is 28.4 Å². The number of fused-ring (bicyclic) bond motifs is 1. The largest absolute Gasteiger partial charge is 0.360 e. The average Bonchev–Trinajstić information content (AvgIpc) is 2.82. The Balaban J connectivity index is 1.92. The molecular formula is C14H13N3O2S. The first-order valence-corrected chi connectivity index (χ1v) is 7.99. The van der Waals surface area contributed by atoms with Crippen LogP contribution in [0, 0.1) is 0 Å². The molecule has 5 nitrogen and oxygen atoms in total. The van der Waals surface area contributed by atoms with Gasteiger partial charge in [-0.1, -0.05) is 6.07 Å². The van der Waals surface area contributed by atoms with E-state index in [4.69, 9.17) is 0 Å². The third-order valence-corrected chi connectivity index (χ3v) is 4.09. The van der Waals surface area contributed by atoms with E-state index in [1.807, 2.05) is 18.3 Å². The van der Waals surface area contributed by atoms with Gasteiger partial charge in [-0.25, -0.2) is 13.4 Å². The highest BCUT2D eigenvalue weighted by atomic mass is 32.2. The SMILES string of the molecule is CS(=O)(=O)c1ccc(Cc2c[nH]c3cccnc23)cn1. The van der Waals surface area contributed by atoms with Crippen molar-refractivity contribution in [2.75, 3.05) is 6.26 Å². The fourth-order valence-corrected chi connectivity index (χ4v) is 2.66. The Hall–Kier alpha value is -2.21. The number of aromatic amines is 1. The van der Waals surface area contributed by atoms with Crippen LogP contribution in [-0.4, -0.2) is 29.6 Å². The van der Waals surface area contributed by atoms with E-state index in [9.17, 15) is 8.42 Å². The van der Waals surface area contributed by atoms with E-state index in [0.29, 0.717) is 6.42 Å². The molecule has 0 aliphatic carbocycles. The molecule has 20 heavy (non-hydrogen) atoms. The zero-order valence-corrected chi connectivity index (χ0v) is 11.7. The molecule has 0 amide bonds. The zero-order chi connectivity index (χ0) is 14.2. The van der Waals surface area contributed by atoms with Crippen LogP contribution >= 0.6 is 0 Å². The maximum Gasteiger partial charge on any atom is 0.192 e. The number of sulfone groups is 1. The lowest BCUT2D eigenvalue weighted by Gasteiger charge is -2.01. The Kier molecular flexibility index (Phi) is 3.02. The third-order valence-electron chi connectivity index (χ3n) is 3.09. The van der Waals surface area contributed by atoms with Gasteiger partial charge in [0.15, 0.2) is 14.9 Å².